The molecule has 3 aliphatic carbocycles. The first-order valence-electron chi connectivity index (χ1n) is 10.6. The fourth-order valence-electron chi connectivity index (χ4n) is 4.97. The van der Waals surface area contributed by atoms with Gasteiger partial charge in [0.1, 0.15) is 17.7 Å². The molecule has 6 rings (SSSR count). The minimum Gasteiger partial charge on any atom is -0.484 e. The summed E-state index contributed by atoms with van der Waals surface area (Å²) in [6.45, 7) is -0.845. The normalized spacial score (nSPS) is 29.9. The number of nitrogens with zero attached hydrogens (tertiary/aromatic N) is 2. The number of aromatic nitrogens is 2. The van der Waals surface area contributed by atoms with Gasteiger partial charge in [-0.3, -0.25) is 9.53 Å². The number of benzene rings is 1. The molecule has 0 unspecified atom stereocenters. The third kappa shape index (κ3) is 4.58. The van der Waals surface area contributed by atoms with E-state index in [0.717, 1.165) is 6.07 Å². The lowest BCUT2D eigenvalue weighted by Crippen LogP contribution is -2.77. The Kier molecular flexibility index (Phi) is 5.72. The average molecular weight is 506 g/mol. The van der Waals surface area contributed by atoms with Crippen LogP contribution in [0.2, 0.25) is 5.02 Å². The van der Waals surface area contributed by atoms with Crippen molar-refractivity contribution >= 4 is 17.5 Å². The van der Waals surface area contributed by atoms with E-state index in [1.807, 2.05) is 0 Å². The molecule has 3 saturated carbocycles. The molecular formula is C21H20ClF4N3O5. The largest absolute Gasteiger partial charge is 0.522 e. The van der Waals surface area contributed by atoms with Crippen molar-refractivity contribution in [2.75, 3.05) is 13.2 Å². The maximum atomic E-state index is 13.5. The molecule has 34 heavy (non-hydrogen) atoms. The molecule has 0 spiro atoms. The molecule has 2 aromatic rings. The van der Waals surface area contributed by atoms with Gasteiger partial charge in [-0.25, -0.2) is 4.39 Å². The Labute approximate surface area is 195 Å². The number of carbonyl (C=O) groups excluding carboxylic acids is 1. The Balaban J connectivity index is 1.09. The number of alkyl halides is 3. The van der Waals surface area contributed by atoms with Crippen molar-refractivity contribution in [3.05, 3.63) is 40.8 Å². The molecule has 13 heteroatoms. The van der Waals surface area contributed by atoms with E-state index >= 15 is 0 Å². The van der Waals surface area contributed by atoms with Gasteiger partial charge in [0.15, 0.2) is 6.61 Å². The minimum absolute atomic E-state index is 0.0325. The Bertz CT molecular complexity index is 1070. The predicted molar refractivity (Wildman–Crippen MR) is 106 cm³/mol. The van der Waals surface area contributed by atoms with Crippen LogP contribution in [0.15, 0.2) is 22.6 Å². The zero-order chi connectivity index (χ0) is 24.1. The molecular weight excluding hydrogens is 486 g/mol. The van der Waals surface area contributed by atoms with Crippen LogP contribution in [-0.2, 0) is 19.7 Å². The number of rotatable bonds is 8. The molecule has 4 fully saturated rings. The molecule has 1 aliphatic heterocycles. The van der Waals surface area contributed by atoms with Crippen molar-refractivity contribution in [2.24, 2.45) is 0 Å². The van der Waals surface area contributed by atoms with E-state index in [4.69, 9.17) is 25.5 Å². The van der Waals surface area contributed by atoms with Crippen molar-refractivity contribution < 1.29 is 41.0 Å². The Hall–Kier alpha value is -2.44. The first kappa shape index (κ1) is 23.3. The van der Waals surface area contributed by atoms with E-state index in [-0.39, 0.29) is 40.1 Å². The highest BCUT2D eigenvalue weighted by Crippen LogP contribution is 2.67. The van der Waals surface area contributed by atoms with Gasteiger partial charge >= 0.3 is 6.36 Å². The number of ether oxygens (including phenoxy) is 3. The summed E-state index contributed by atoms with van der Waals surface area (Å²) in [6, 6.07) is 3.93. The smallest absolute Gasteiger partial charge is 0.484 e. The van der Waals surface area contributed by atoms with Gasteiger partial charge in [-0.1, -0.05) is 11.6 Å². The first-order valence-corrected chi connectivity index (χ1v) is 11.0. The number of hydrogen-bond donors (Lipinski definition) is 1. The lowest BCUT2D eigenvalue weighted by Gasteiger charge is -2.68. The molecule has 1 amide bonds. The molecule has 2 atom stereocenters. The number of halogens is 5. The van der Waals surface area contributed by atoms with Crippen LogP contribution < -0.4 is 10.1 Å². The van der Waals surface area contributed by atoms with Gasteiger partial charge in [0.25, 0.3) is 5.91 Å². The maximum absolute atomic E-state index is 13.5. The summed E-state index contributed by atoms with van der Waals surface area (Å²) in [5.74, 6) is -0.0961. The van der Waals surface area contributed by atoms with Crippen LogP contribution in [0, 0.1) is 5.82 Å². The van der Waals surface area contributed by atoms with Crippen LogP contribution >= 0.6 is 11.6 Å². The van der Waals surface area contributed by atoms with Crippen LogP contribution in [0.5, 0.6) is 5.75 Å². The Morgan fingerprint density at radius 3 is 2.71 bits per heavy atom. The lowest BCUT2D eigenvalue weighted by molar-refractivity contribution is -0.331. The summed E-state index contributed by atoms with van der Waals surface area (Å²) in [5, 5.41) is 11.0. The monoisotopic (exact) mass is 505 g/mol. The number of hydrogen-bond acceptors (Lipinski definition) is 7. The van der Waals surface area contributed by atoms with Gasteiger partial charge in [0.2, 0.25) is 11.8 Å². The Morgan fingerprint density at radius 1 is 1.24 bits per heavy atom. The van der Waals surface area contributed by atoms with Crippen molar-refractivity contribution in [2.45, 2.75) is 61.6 Å². The molecule has 2 bridgehead atoms. The maximum Gasteiger partial charge on any atom is 0.522 e. The van der Waals surface area contributed by atoms with E-state index in [9.17, 15) is 22.4 Å². The highest BCUT2D eigenvalue weighted by atomic mass is 35.5. The van der Waals surface area contributed by atoms with Crippen LogP contribution in [0.25, 0.3) is 0 Å². The summed E-state index contributed by atoms with van der Waals surface area (Å²) in [4.78, 5) is 12.3. The third-order valence-corrected chi connectivity index (χ3v) is 6.71. The highest BCUT2D eigenvalue weighted by molar-refractivity contribution is 6.30. The van der Waals surface area contributed by atoms with Gasteiger partial charge in [-0.05, 0) is 44.2 Å². The fraction of sp³-hybridized carbons (Fsp3) is 0.571. The summed E-state index contributed by atoms with van der Waals surface area (Å²) < 4.78 is 70.6. The van der Waals surface area contributed by atoms with Gasteiger partial charge in [-0.2, -0.15) is 0 Å². The first-order chi connectivity index (χ1) is 16.0. The highest BCUT2D eigenvalue weighted by Gasteiger charge is 2.71. The molecule has 1 aromatic heterocycles. The second-order valence-electron chi connectivity index (χ2n) is 9.03. The van der Waals surface area contributed by atoms with Crippen molar-refractivity contribution in [1.29, 1.82) is 0 Å². The van der Waals surface area contributed by atoms with E-state index in [0.29, 0.717) is 38.0 Å². The molecule has 184 valence electrons. The van der Waals surface area contributed by atoms with Gasteiger partial charge in [0, 0.05) is 11.6 Å². The number of nitrogens with one attached hydrogen (secondary N) is 1. The standard InChI is InChI=1S/C21H20ClF4N3O5/c22-13-3-1-11(5-14(13)23)31-7-16(30)27-20-8-19(9-20,10-20)18-29-28-17(34-18)15-4-2-12(33-15)6-32-21(24,25)26/h1,3,5,12,15H,2,4,6-10H2,(H,27,30)/t12-,15+,19?,20?/m0/s1. The molecule has 4 aliphatic rings. The number of carbonyl (C=O) groups is 1. The average Bonchev–Trinajstić information content (AvgIpc) is 3.38. The van der Waals surface area contributed by atoms with E-state index in [1.54, 1.807) is 0 Å². The molecule has 1 N–H and O–H groups in total. The summed E-state index contributed by atoms with van der Waals surface area (Å²) >= 11 is 5.62. The third-order valence-electron chi connectivity index (χ3n) is 6.41. The quantitative estimate of drug-likeness (QED) is 0.542. The Morgan fingerprint density at radius 2 is 2.00 bits per heavy atom. The van der Waals surface area contributed by atoms with Crippen molar-refractivity contribution in [3.8, 4) is 5.75 Å². The molecule has 2 heterocycles. The van der Waals surface area contributed by atoms with Crippen molar-refractivity contribution in [1.82, 2.24) is 15.5 Å². The molecule has 1 aromatic carbocycles. The molecule has 1 saturated heterocycles. The van der Waals surface area contributed by atoms with E-state index in [1.165, 1.54) is 12.1 Å². The second kappa shape index (κ2) is 8.35. The van der Waals surface area contributed by atoms with Crippen LogP contribution in [0.1, 0.15) is 50.0 Å². The zero-order valence-electron chi connectivity index (χ0n) is 17.7. The SMILES string of the molecule is O=C(COc1ccc(Cl)c(F)c1)NC12CC(c3nnc([C@H]4CC[C@@H](COC(F)(F)F)O4)o3)(C1)C2. The second-order valence-corrected chi connectivity index (χ2v) is 9.44. The van der Waals surface area contributed by atoms with Crippen LogP contribution in [-0.4, -0.2) is 47.3 Å². The van der Waals surface area contributed by atoms with Crippen LogP contribution in [0.3, 0.4) is 0 Å². The molecule has 8 nitrogen and oxygen atoms in total. The predicted octanol–water partition coefficient (Wildman–Crippen LogP) is 3.99. The summed E-state index contributed by atoms with van der Waals surface area (Å²) in [5.41, 5.74) is -0.694. The summed E-state index contributed by atoms with van der Waals surface area (Å²) in [6.07, 6.45) is -3.25. The number of amides is 1. The lowest BCUT2D eigenvalue weighted by atomic mass is 9.39. The van der Waals surface area contributed by atoms with E-state index < -0.39 is 31.0 Å². The fourth-order valence-corrected chi connectivity index (χ4v) is 5.09. The minimum atomic E-state index is -4.70. The van der Waals surface area contributed by atoms with E-state index in [2.05, 4.69) is 20.3 Å². The summed E-state index contributed by atoms with van der Waals surface area (Å²) in [7, 11) is 0. The van der Waals surface area contributed by atoms with Crippen LogP contribution in [0.4, 0.5) is 17.6 Å². The van der Waals surface area contributed by atoms with Gasteiger partial charge in [-0.15, -0.1) is 23.4 Å². The topological polar surface area (TPSA) is 95.7 Å². The van der Waals surface area contributed by atoms with Gasteiger partial charge in [0.05, 0.1) is 23.1 Å². The van der Waals surface area contributed by atoms with Crippen molar-refractivity contribution in [3.63, 3.8) is 0 Å². The molecule has 0 radical (unpaired) electrons. The zero-order valence-corrected chi connectivity index (χ0v) is 18.4. The van der Waals surface area contributed by atoms with Gasteiger partial charge < -0.3 is 19.2 Å².